The molecule has 0 unspecified atom stereocenters. The minimum absolute atomic E-state index is 0.291. The molecule has 1 aromatic carbocycles. The molecule has 14 heavy (non-hydrogen) atoms. The molecule has 0 fully saturated rings. The summed E-state index contributed by atoms with van der Waals surface area (Å²) < 4.78 is 2.12. The van der Waals surface area contributed by atoms with Crippen LogP contribution >= 0.6 is 0 Å². The van der Waals surface area contributed by atoms with Crippen LogP contribution in [0.4, 0.5) is 0 Å². The maximum absolute atomic E-state index is 9.40. The largest absolute Gasteiger partial charge is 0.508 e. The molecule has 0 spiro atoms. The van der Waals surface area contributed by atoms with E-state index in [0.29, 0.717) is 11.8 Å². The highest BCUT2D eigenvalue weighted by atomic mass is 16.3. The molecule has 0 amide bonds. The van der Waals surface area contributed by atoms with Crippen molar-refractivity contribution in [2.45, 2.75) is 26.8 Å². The summed E-state index contributed by atoms with van der Waals surface area (Å²) in [7, 11) is 0. The second kappa shape index (κ2) is 3.01. The smallest absolute Gasteiger partial charge is 0.117 e. The van der Waals surface area contributed by atoms with E-state index < -0.39 is 0 Å². The first-order valence-electron chi connectivity index (χ1n) is 4.77. The second-order valence-corrected chi connectivity index (χ2v) is 3.80. The number of rotatable bonds is 1. The van der Waals surface area contributed by atoms with Crippen LogP contribution in [-0.4, -0.2) is 14.7 Å². The van der Waals surface area contributed by atoms with Crippen molar-refractivity contribution in [3.63, 3.8) is 0 Å². The van der Waals surface area contributed by atoms with Crippen LogP contribution in [-0.2, 0) is 0 Å². The SMILES string of the molecule is Cc1nc2ccc(O)cc2n1C(C)C. The minimum Gasteiger partial charge on any atom is -0.508 e. The number of aromatic nitrogens is 2. The van der Waals surface area contributed by atoms with Crippen LogP contribution in [0.3, 0.4) is 0 Å². The predicted octanol–water partition coefficient (Wildman–Crippen LogP) is 2.63. The number of nitrogens with zero attached hydrogens (tertiary/aromatic N) is 2. The van der Waals surface area contributed by atoms with Gasteiger partial charge in [0, 0.05) is 12.1 Å². The summed E-state index contributed by atoms with van der Waals surface area (Å²) in [4.78, 5) is 4.43. The van der Waals surface area contributed by atoms with Crippen LogP contribution in [0.5, 0.6) is 5.75 Å². The number of fused-ring (bicyclic) bond motifs is 1. The Hall–Kier alpha value is -1.51. The molecule has 2 aromatic rings. The van der Waals surface area contributed by atoms with E-state index in [1.165, 1.54) is 0 Å². The number of imidazole rings is 1. The van der Waals surface area contributed by atoms with Gasteiger partial charge in [-0.25, -0.2) is 4.98 Å². The zero-order valence-corrected chi connectivity index (χ0v) is 8.65. The van der Waals surface area contributed by atoms with E-state index in [2.05, 4.69) is 23.4 Å². The Kier molecular flexibility index (Phi) is 1.95. The number of hydrogen-bond acceptors (Lipinski definition) is 2. The topological polar surface area (TPSA) is 38.1 Å². The molecule has 0 radical (unpaired) electrons. The Morgan fingerprint density at radius 3 is 2.71 bits per heavy atom. The molecule has 3 heteroatoms. The van der Waals surface area contributed by atoms with Crippen LogP contribution in [0.1, 0.15) is 25.7 Å². The fourth-order valence-electron chi connectivity index (χ4n) is 1.85. The van der Waals surface area contributed by atoms with Crippen molar-refractivity contribution in [3.8, 4) is 5.75 Å². The first-order chi connectivity index (χ1) is 6.59. The van der Waals surface area contributed by atoms with Crippen molar-refractivity contribution in [1.29, 1.82) is 0 Å². The molecule has 1 aromatic heterocycles. The third-order valence-electron chi connectivity index (χ3n) is 2.37. The van der Waals surface area contributed by atoms with Gasteiger partial charge in [-0.1, -0.05) is 0 Å². The number of aromatic hydroxyl groups is 1. The second-order valence-electron chi connectivity index (χ2n) is 3.80. The average Bonchev–Trinajstić information content (AvgIpc) is 2.40. The first kappa shape index (κ1) is 9.06. The van der Waals surface area contributed by atoms with E-state index >= 15 is 0 Å². The zero-order chi connectivity index (χ0) is 10.3. The Morgan fingerprint density at radius 1 is 1.36 bits per heavy atom. The number of phenolic OH excluding ortho intramolecular Hbond substituents is 1. The first-order valence-corrected chi connectivity index (χ1v) is 4.77. The molecule has 0 bridgehead atoms. The lowest BCUT2D eigenvalue weighted by molar-refractivity contribution is 0.475. The lowest BCUT2D eigenvalue weighted by Crippen LogP contribution is -2.02. The fourth-order valence-corrected chi connectivity index (χ4v) is 1.85. The zero-order valence-electron chi connectivity index (χ0n) is 8.65. The lowest BCUT2D eigenvalue weighted by Gasteiger charge is -2.10. The van der Waals surface area contributed by atoms with Gasteiger partial charge in [0.25, 0.3) is 0 Å². The van der Waals surface area contributed by atoms with Crippen LogP contribution in [0, 0.1) is 6.92 Å². The normalized spacial score (nSPS) is 11.4. The van der Waals surface area contributed by atoms with Gasteiger partial charge in [-0.3, -0.25) is 0 Å². The van der Waals surface area contributed by atoms with E-state index in [-0.39, 0.29) is 0 Å². The van der Waals surface area contributed by atoms with Gasteiger partial charge in [0.1, 0.15) is 11.6 Å². The fraction of sp³-hybridized carbons (Fsp3) is 0.364. The van der Waals surface area contributed by atoms with Crippen LogP contribution in [0.15, 0.2) is 18.2 Å². The minimum atomic E-state index is 0.291. The van der Waals surface area contributed by atoms with Crippen LogP contribution < -0.4 is 0 Å². The summed E-state index contributed by atoms with van der Waals surface area (Å²) in [5.41, 5.74) is 1.94. The molecule has 2 rings (SSSR count). The summed E-state index contributed by atoms with van der Waals surface area (Å²) in [6, 6.07) is 5.63. The van der Waals surface area contributed by atoms with Crippen molar-refractivity contribution >= 4 is 11.0 Å². The van der Waals surface area contributed by atoms with E-state index in [4.69, 9.17) is 0 Å². The number of aryl methyl sites for hydroxylation is 1. The molecular formula is C11H14N2O. The van der Waals surface area contributed by atoms with Gasteiger partial charge in [0.05, 0.1) is 11.0 Å². The van der Waals surface area contributed by atoms with Gasteiger partial charge in [-0.05, 0) is 32.9 Å². The molecule has 0 aliphatic rings. The highest BCUT2D eigenvalue weighted by Gasteiger charge is 2.09. The molecule has 74 valence electrons. The number of benzene rings is 1. The quantitative estimate of drug-likeness (QED) is 0.750. The van der Waals surface area contributed by atoms with Gasteiger partial charge in [0.15, 0.2) is 0 Å². The Balaban J connectivity index is 2.79. The molecule has 0 saturated heterocycles. The summed E-state index contributed by atoms with van der Waals surface area (Å²) in [5.74, 6) is 1.28. The van der Waals surface area contributed by atoms with E-state index in [0.717, 1.165) is 16.9 Å². The molecule has 0 atom stereocenters. The van der Waals surface area contributed by atoms with E-state index in [1.807, 2.05) is 13.0 Å². The number of phenols is 1. The molecule has 0 aliphatic carbocycles. The van der Waals surface area contributed by atoms with Gasteiger partial charge in [0.2, 0.25) is 0 Å². The summed E-state index contributed by atoms with van der Waals surface area (Å²) in [5, 5.41) is 9.40. The van der Waals surface area contributed by atoms with Crippen molar-refractivity contribution in [2.75, 3.05) is 0 Å². The standard InChI is InChI=1S/C11H14N2O/c1-7(2)13-8(3)12-10-5-4-9(14)6-11(10)13/h4-7,14H,1-3H3. The molecular weight excluding hydrogens is 176 g/mol. The van der Waals surface area contributed by atoms with Crippen LogP contribution in [0.25, 0.3) is 11.0 Å². The Labute approximate surface area is 83.0 Å². The molecule has 1 heterocycles. The van der Waals surface area contributed by atoms with Crippen LogP contribution in [0.2, 0.25) is 0 Å². The van der Waals surface area contributed by atoms with Gasteiger partial charge in [-0.15, -0.1) is 0 Å². The molecule has 3 nitrogen and oxygen atoms in total. The third kappa shape index (κ3) is 1.25. The summed E-state index contributed by atoms with van der Waals surface area (Å²) in [6.45, 7) is 6.20. The Bertz CT molecular complexity index is 471. The lowest BCUT2D eigenvalue weighted by atomic mass is 10.3. The highest BCUT2D eigenvalue weighted by molar-refractivity contribution is 5.77. The van der Waals surface area contributed by atoms with Gasteiger partial charge < -0.3 is 9.67 Å². The molecule has 1 N–H and O–H groups in total. The van der Waals surface area contributed by atoms with Crippen molar-refractivity contribution in [2.24, 2.45) is 0 Å². The van der Waals surface area contributed by atoms with Gasteiger partial charge >= 0.3 is 0 Å². The Morgan fingerprint density at radius 2 is 2.07 bits per heavy atom. The van der Waals surface area contributed by atoms with Crippen molar-refractivity contribution in [3.05, 3.63) is 24.0 Å². The van der Waals surface area contributed by atoms with Crippen molar-refractivity contribution < 1.29 is 5.11 Å². The number of hydrogen-bond donors (Lipinski definition) is 1. The van der Waals surface area contributed by atoms with Gasteiger partial charge in [-0.2, -0.15) is 0 Å². The maximum atomic E-state index is 9.40. The monoisotopic (exact) mass is 190 g/mol. The average molecular weight is 190 g/mol. The highest BCUT2D eigenvalue weighted by Crippen LogP contribution is 2.23. The molecule has 0 aliphatic heterocycles. The van der Waals surface area contributed by atoms with Crippen molar-refractivity contribution in [1.82, 2.24) is 9.55 Å². The molecule has 0 saturated carbocycles. The predicted molar refractivity (Wildman–Crippen MR) is 56.5 cm³/mol. The maximum Gasteiger partial charge on any atom is 0.117 e. The third-order valence-corrected chi connectivity index (χ3v) is 2.37. The summed E-state index contributed by atoms with van der Waals surface area (Å²) in [6.07, 6.45) is 0. The summed E-state index contributed by atoms with van der Waals surface area (Å²) >= 11 is 0. The van der Waals surface area contributed by atoms with E-state index in [1.54, 1.807) is 12.1 Å². The van der Waals surface area contributed by atoms with E-state index in [9.17, 15) is 5.11 Å².